The highest BCUT2D eigenvalue weighted by molar-refractivity contribution is 14.1. The highest BCUT2D eigenvalue weighted by atomic mass is 127. The molecule has 0 aliphatic heterocycles. The van der Waals surface area contributed by atoms with Gasteiger partial charge in [0.1, 0.15) is 6.54 Å². The van der Waals surface area contributed by atoms with Crippen molar-refractivity contribution >= 4 is 32.5 Å². The van der Waals surface area contributed by atoms with Gasteiger partial charge in [-0.1, -0.05) is 0 Å². The van der Waals surface area contributed by atoms with E-state index < -0.39 is 12.7 Å². The van der Waals surface area contributed by atoms with E-state index in [0.29, 0.717) is 11.1 Å². The number of alkyl halides is 3. The van der Waals surface area contributed by atoms with Gasteiger partial charge in [-0.15, -0.1) is 0 Å². The first-order chi connectivity index (χ1) is 8.30. The van der Waals surface area contributed by atoms with Crippen LogP contribution in [0.2, 0.25) is 0 Å². The van der Waals surface area contributed by atoms with E-state index >= 15 is 0 Å². The van der Waals surface area contributed by atoms with Gasteiger partial charge >= 0.3 is 6.18 Å². The Morgan fingerprint density at radius 1 is 1.33 bits per heavy atom. The minimum Gasteiger partial charge on any atom is -0.394 e. The average molecular weight is 374 g/mol. The first kappa shape index (κ1) is 16.9. The lowest BCUT2D eigenvalue weighted by Gasteiger charge is -2.08. The van der Waals surface area contributed by atoms with Gasteiger partial charge in [-0.3, -0.25) is 5.41 Å². The van der Waals surface area contributed by atoms with Crippen molar-refractivity contribution in [1.29, 1.82) is 10.8 Å². The molecule has 0 saturated carbocycles. The van der Waals surface area contributed by atoms with E-state index in [2.05, 4.69) is 10.6 Å². The maximum Gasteiger partial charge on any atom is 0.405 e. The second-order valence-corrected chi connectivity index (χ2v) is 4.39. The zero-order chi connectivity index (χ0) is 14.2. The molecule has 0 aliphatic carbocycles. The SMILES string of the molecule is CN/C=C(/C/C(C=N)=C/NCC(F)(F)F)C(=N)I. The standard InChI is InChI=1S/C10H14F3IN4/c1-17-5-8(9(14)16)2-7(3-15)4-18-6-10(11,12)13/h3-5,15-18H,2,6H2,1H3/b7-4-,8-5-,15-3?,16-9?. The number of halogens is 4. The van der Waals surface area contributed by atoms with Crippen LogP contribution >= 0.6 is 22.6 Å². The minimum absolute atomic E-state index is 0.219. The largest absolute Gasteiger partial charge is 0.405 e. The van der Waals surface area contributed by atoms with Crippen molar-refractivity contribution in [3.63, 3.8) is 0 Å². The smallest absolute Gasteiger partial charge is 0.394 e. The fourth-order valence-electron chi connectivity index (χ4n) is 1.03. The molecule has 0 rings (SSSR count). The number of rotatable bonds is 7. The summed E-state index contributed by atoms with van der Waals surface area (Å²) in [5.74, 6) is 0. The number of hydrogen-bond donors (Lipinski definition) is 4. The Labute approximate surface area is 117 Å². The summed E-state index contributed by atoms with van der Waals surface area (Å²) in [4.78, 5) is 0. The van der Waals surface area contributed by atoms with E-state index in [1.54, 1.807) is 35.8 Å². The van der Waals surface area contributed by atoms with Crippen LogP contribution in [0, 0.1) is 10.8 Å². The summed E-state index contributed by atoms with van der Waals surface area (Å²) < 4.78 is 36.0. The Bertz CT molecular complexity index is 361. The maximum absolute atomic E-state index is 11.9. The van der Waals surface area contributed by atoms with Crippen molar-refractivity contribution in [2.75, 3.05) is 13.6 Å². The monoisotopic (exact) mass is 374 g/mol. The van der Waals surface area contributed by atoms with Gasteiger partial charge in [0.15, 0.2) is 0 Å². The van der Waals surface area contributed by atoms with Gasteiger partial charge in [0.05, 0.1) is 3.72 Å². The quantitative estimate of drug-likeness (QED) is 0.409. The predicted molar refractivity (Wildman–Crippen MR) is 74.4 cm³/mol. The summed E-state index contributed by atoms with van der Waals surface area (Å²) in [5.41, 5.74) is 0.962. The molecule has 0 aromatic rings. The van der Waals surface area contributed by atoms with Gasteiger partial charge < -0.3 is 16.0 Å². The van der Waals surface area contributed by atoms with Gasteiger partial charge in [-0.05, 0) is 28.2 Å². The minimum atomic E-state index is -4.29. The molecule has 0 fully saturated rings. The summed E-state index contributed by atoms with van der Waals surface area (Å²) in [5, 5.41) is 19.5. The number of nitrogens with one attached hydrogen (secondary N) is 4. The molecule has 0 atom stereocenters. The molecule has 8 heteroatoms. The molecule has 0 heterocycles. The zero-order valence-electron chi connectivity index (χ0n) is 9.66. The Morgan fingerprint density at radius 2 is 1.94 bits per heavy atom. The van der Waals surface area contributed by atoms with Gasteiger partial charge in [-0.2, -0.15) is 13.2 Å². The molecule has 4 nitrogen and oxygen atoms in total. The van der Waals surface area contributed by atoms with Crippen LogP contribution < -0.4 is 10.6 Å². The lowest BCUT2D eigenvalue weighted by atomic mass is 10.1. The first-order valence-corrected chi connectivity index (χ1v) is 5.98. The molecule has 0 aromatic carbocycles. The Balaban J connectivity index is 4.59. The zero-order valence-corrected chi connectivity index (χ0v) is 11.8. The molecular weight excluding hydrogens is 360 g/mol. The fourth-order valence-corrected chi connectivity index (χ4v) is 1.37. The summed E-state index contributed by atoms with van der Waals surface area (Å²) in [7, 11) is 1.66. The van der Waals surface area contributed by atoms with Crippen LogP contribution in [-0.2, 0) is 0 Å². The van der Waals surface area contributed by atoms with Crippen LogP contribution in [0.15, 0.2) is 23.5 Å². The molecule has 102 valence electrons. The Morgan fingerprint density at radius 3 is 2.33 bits per heavy atom. The third kappa shape index (κ3) is 8.09. The van der Waals surface area contributed by atoms with Crippen LogP contribution in [0.4, 0.5) is 13.2 Å². The Kier molecular flexibility index (Phi) is 7.64. The molecule has 0 spiro atoms. The first-order valence-electron chi connectivity index (χ1n) is 4.90. The van der Waals surface area contributed by atoms with Crippen molar-refractivity contribution in [1.82, 2.24) is 10.6 Å². The van der Waals surface area contributed by atoms with Crippen LogP contribution in [-0.4, -0.2) is 29.7 Å². The normalized spacial score (nSPS) is 13.2. The predicted octanol–water partition coefficient (Wildman–Crippen LogP) is 2.58. The number of allylic oxidation sites excluding steroid dienone is 2. The lowest BCUT2D eigenvalue weighted by Crippen LogP contribution is -2.25. The molecule has 0 saturated heterocycles. The molecule has 4 N–H and O–H groups in total. The third-order valence-electron chi connectivity index (χ3n) is 1.77. The van der Waals surface area contributed by atoms with Crippen molar-refractivity contribution < 1.29 is 13.2 Å². The molecule has 0 bridgehead atoms. The highest BCUT2D eigenvalue weighted by Gasteiger charge is 2.25. The van der Waals surface area contributed by atoms with Crippen molar-refractivity contribution in [3.05, 3.63) is 23.5 Å². The van der Waals surface area contributed by atoms with Gasteiger partial charge in [0.2, 0.25) is 0 Å². The topological polar surface area (TPSA) is 71.8 Å². The molecule has 0 aromatic heterocycles. The van der Waals surface area contributed by atoms with Crippen LogP contribution in [0.5, 0.6) is 0 Å². The summed E-state index contributed by atoms with van der Waals surface area (Å²) >= 11 is 1.80. The van der Waals surface area contributed by atoms with Gasteiger partial charge in [0, 0.05) is 37.7 Å². The van der Waals surface area contributed by atoms with E-state index in [0.717, 1.165) is 12.4 Å². The van der Waals surface area contributed by atoms with Crippen LogP contribution in [0.25, 0.3) is 0 Å². The van der Waals surface area contributed by atoms with Crippen molar-refractivity contribution in [2.45, 2.75) is 12.6 Å². The average Bonchev–Trinajstić information content (AvgIpc) is 2.24. The fraction of sp³-hybridized carbons (Fsp3) is 0.400. The summed E-state index contributed by atoms with van der Waals surface area (Å²) in [6, 6.07) is 0. The van der Waals surface area contributed by atoms with Crippen molar-refractivity contribution in [2.24, 2.45) is 0 Å². The van der Waals surface area contributed by atoms with Gasteiger partial charge in [-0.25, -0.2) is 0 Å². The molecular formula is C10H14F3IN4. The van der Waals surface area contributed by atoms with E-state index in [1.807, 2.05) is 0 Å². The molecule has 0 radical (unpaired) electrons. The van der Waals surface area contributed by atoms with E-state index in [9.17, 15) is 13.2 Å². The molecule has 0 unspecified atom stereocenters. The Hall–Kier alpha value is -1.06. The van der Waals surface area contributed by atoms with Crippen LogP contribution in [0.3, 0.4) is 0 Å². The van der Waals surface area contributed by atoms with Crippen LogP contribution in [0.1, 0.15) is 6.42 Å². The second kappa shape index (κ2) is 8.11. The molecule has 0 amide bonds. The van der Waals surface area contributed by atoms with E-state index in [4.69, 9.17) is 10.8 Å². The summed E-state index contributed by atoms with van der Waals surface area (Å²) in [6.45, 7) is -1.14. The molecule has 18 heavy (non-hydrogen) atoms. The molecule has 0 aliphatic rings. The third-order valence-corrected chi connectivity index (χ3v) is 2.46. The lowest BCUT2D eigenvalue weighted by molar-refractivity contribution is -0.122. The second-order valence-electron chi connectivity index (χ2n) is 3.31. The van der Waals surface area contributed by atoms with E-state index in [-0.39, 0.29) is 10.1 Å². The van der Waals surface area contributed by atoms with Crippen molar-refractivity contribution in [3.8, 4) is 0 Å². The van der Waals surface area contributed by atoms with E-state index in [1.165, 1.54) is 0 Å². The summed E-state index contributed by atoms with van der Waals surface area (Å²) in [6.07, 6.45) is -0.383. The maximum atomic E-state index is 11.9. The van der Waals surface area contributed by atoms with Gasteiger partial charge in [0.25, 0.3) is 0 Å². The number of hydrogen-bond acceptors (Lipinski definition) is 4. The highest BCUT2D eigenvalue weighted by Crippen LogP contribution is 2.14.